The summed E-state index contributed by atoms with van der Waals surface area (Å²) < 4.78 is 32.2. The van der Waals surface area contributed by atoms with Gasteiger partial charge in [-0.2, -0.15) is 0 Å². The van der Waals surface area contributed by atoms with E-state index >= 15 is 0 Å². The van der Waals surface area contributed by atoms with Crippen molar-refractivity contribution in [1.29, 1.82) is 0 Å². The number of piperazine rings is 1. The van der Waals surface area contributed by atoms with Gasteiger partial charge in [-0.15, -0.1) is 6.58 Å². The Morgan fingerprint density at radius 3 is 2.30 bits per heavy atom. The lowest BCUT2D eigenvalue weighted by Crippen LogP contribution is -2.60. The number of nitrogens with zero attached hydrogens (tertiary/aromatic N) is 3. The summed E-state index contributed by atoms with van der Waals surface area (Å²) in [6.07, 6.45) is 2.28. The van der Waals surface area contributed by atoms with E-state index in [0.717, 1.165) is 32.7 Å². The SMILES string of the molecule is C=C[C@H]1C[C@]1(NC(=O)[C@@H]1C[C@@H](N2CCN(Cc3ccccc3)CC2)CN1C(=O)[C@@H](NC(=O)OC)C(C)(C)C)C(=O)NS(=O)(=O)C1CC1. The van der Waals surface area contributed by atoms with Crippen LogP contribution in [0.3, 0.4) is 0 Å². The summed E-state index contributed by atoms with van der Waals surface area (Å²) in [6, 6.07) is 8.19. The first-order chi connectivity index (χ1) is 22.2. The van der Waals surface area contributed by atoms with Crippen LogP contribution in [-0.2, 0) is 35.7 Å². The molecule has 2 saturated heterocycles. The molecule has 13 nitrogen and oxygen atoms in total. The lowest BCUT2D eigenvalue weighted by Gasteiger charge is -2.38. The molecular formula is C33H48N6O7S. The predicted molar refractivity (Wildman–Crippen MR) is 175 cm³/mol. The number of alkyl carbamates (subject to hydrolysis) is 1. The van der Waals surface area contributed by atoms with Crippen molar-refractivity contribution < 1.29 is 32.3 Å². The van der Waals surface area contributed by atoms with Gasteiger partial charge in [0.2, 0.25) is 21.8 Å². The van der Waals surface area contributed by atoms with Crippen molar-refractivity contribution in [3.05, 3.63) is 48.6 Å². The Labute approximate surface area is 277 Å². The minimum atomic E-state index is -3.84. The van der Waals surface area contributed by atoms with Gasteiger partial charge in [-0.3, -0.25) is 28.9 Å². The van der Waals surface area contributed by atoms with E-state index in [2.05, 4.69) is 43.9 Å². The molecule has 1 aromatic carbocycles. The van der Waals surface area contributed by atoms with Crippen LogP contribution in [0, 0.1) is 11.3 Å². The molecule has 4 amide bonds. The standard InChI is InChI=1S/C33H48N6O7S/c1-6-23-19-33(23,30(42)36-47(44,45)25-12-13-25)35-28(40)26-18-24(21-39(26)29(41)27(32(2,3)4)34-31(43)46-5)38-16-14-37(15-17-38)20-22-10-8-7-9-11-22/h6-11,23-27H,1,12-21H2,2-5H3,(H,34,43)(H,35,40)(H,36,42)/t23-,24+,26-,27+,33+/m0/s1. The predicted octanol–water partition coefficient (Wildman–Crippen LogP) is 1.21. The second kappa shape index (κ2) is 13.6. The van der Waals surface area contributed by atoms with Gasteiger partial charge in [-0.1, -0.05) is 57.2 Å². The average molecular weight is 673 g/mol. The smallest absolute Gasteiger partial charge is 0.407 e. The van der Waals surface area contributed by atoms with Crippen molar-refractivity contribution >= 4 is 33.8 Å². The fourth-order valence-corrected chi connectivity index (χ4v) is 8.07. The molecule has 2 aliphatic carbocycles. The highest BCUT2D eigenvalue weighted by Crippen LogP contribution is 2.45. The number of sulfonamides is 1. The van der Waals surface area contributed by atoms with Crippen LogP contribution in [0.5, 0.6) is 0 Å². The zero-order valence-electron chi connectivity index (χ0n) is 27.7. The molecule has 2 aliphatic heterocycles. The molecule has 5 rings (SSSR count). The van der Waals surface area contributed by atoms with Gasteiger partial charge in [0.15, 0.2) is 0 Å². The highest BCUT2D eigenvalue weighted by molar-refractivity contribution is 7.91. The second-order valence-electron chi connectivity index (χ2n) is 14.3. The maximum Gasteiger partial charge on any atom is 0.407 e. The van der Waals surface area contributed by atoms with Gasteiger partial charge in [0.25, 0.3) is 5.91 Å². The first kappa shape index (κ1) is 34.8. The molecule has 5 atom stereocenters. The first-order valence-electron chi connectivity index (χ1n) is 16.3. The quantitative estimate of drug-likeness (QED) is 0.294. The number of amides is 4. The molecule has 4 aliphatic rings. The molecule has 0 unspecified atom stereocenters. The summed E-state index contributed by atoms with van der Waals surface area (Å²) in [5.74, 6) is -2.22. The average Bonchev–Trinajstić information content (AvgIpc) is 3.96. The van der Waals surface area contributed by atoms with Crippen LogP contribution in [0.4, 0.5) is 4.79 Å². The summed E-state index contributed by atoms with van der Waals surface area (Å²) in [5.41, 5.74) is -0.942. The Bertz CT molecular complexity index is 1470. The van der Waals surface area contributed by atoms with Crippen LogP contribution < -0.4 is 15.4 Å². The minimum Gasteiger partial charge on any atom is -0.453 e. The number of hydrogen-bond acceptors (Lipinski definition) is 9. The largest absolute Gasteiger partial charge is 0.453 e. The number of methoxy groups -OCH3 is 1. The van der Waals surface area contributed by atoms with Gasteiger partial charge in [0, 0.05) is 51.2 Å². The van der Waals surface area contributed by atoms with Crippen LogP contribution in [0.1, 0.15) is 52.0 Å². The molecule has 3 N–H and O–H groups in total. The Balaban J connectivity index is 1.34. The van der Waals surface area contributed by atoms with Gasteiger partial charge < -0.3 is 20.3 Å². The lowest BCUT2D eigenvalue weighted by molar-refractivity contribution is -0.142. The molecule has 4 fully saturated rings. The molecule has 47 heavy (non-hydrogen) atoms. The maximum atomic E-state index is 14.2. The van der Waals surface area contributed by atoms with Crippen molar-refractivity contribution in [3.8, 4) is 0 Å². The zero-order valence-corrected chi connectivity index (χ0v) is 28.6. The number of ether oxygens (including phenoxy) is 1. The normalized spacial score (nSPS) is 27.4. The molecule has 258 valence electrons. The van der Waals surface area contributed by atoms with Crippen LogP contribution >= 0.6 is 0 Å². The van der Waals surface area contributed by atoms with Gasteiger partial charge >= 0.3 is 6.09 Å². The molecule has 0 spiro atoms. The molecule has 2 heterocycles. The Hall–Kier alpha value is -3.49. The third-order valence-corrected chi connectivity index (χ3v) is 11.7. The van der Waals surface area contributed by atoms with E-state index in [1.54, 1.807) is 0 Å². The summed E-state index contributed by atoms with van der Waals surface area (Å²) in [6.45, 7) is 13.5. The maximum absolute atomic E-state index is 14.2. The lowest BCUT2D eigenvalue weighted by atomic mass is 9.85. The second-order valence-corrected chi connectivity index (χ2v) is 16.3. The summed E-state index contributed by atoms with van der Waals surface area (Å²) in [7, 11) is -2.62. The van der Waals surface area contributed by atoms with E-state index in [4.69, 9.17) is 4.74 Å². The fraction of sp³-hybridized carbons (Fsp3) is 0.636. The minimum absolute atomic E-state index is 0.137. The molecule has 1 aromatic rings. The Morgan fingerprint density at radius 1 is 1.09 bits per heavy atom. The monoisotopic (exact) mass is 672 g/mol. The zero-order chi connectivity index (χ0) is 34.1. The molecular weight excluding hydrogens is 624 g/mol. The van der Waals surface area contributed by atoms with Crippen LogP contribution in [0.15, 0.2) is 43.0 Å². The fourth-order valence-electron chi connectivity index (χ4n) is 6.71. The third-order valence-electron chi connectivity index (χ3n) is 9.85. The van der Waals surface area contributed by atoms with Crippen molar-refractivity contribution in [3.63, 3.8) is 0 Å². The van der Waals surface area contributed by atoms with Crippen LogP contribution in [-0.4, -0.2) is 116 Å². The van der Waals surface area contributed by atoms with Crippen molar-refractivity contribution in [2.24, 2.45) is 11.3 Å². The third kappa shape index (κ3) is 7.81. The Morgan fingerprint density at radius 2 is 1.74 bits per heavy atom. The number of carbonyl (C=O) groups is 4. The molecule has 0 aromatic heterocycles. The molecule has 0 radical (unpaired) electrons. The summed E-state index contributed by atoms with van der Waals surface area (Å²) >= 11 is 0. The van der Waals surface area contributed by atoms with E-state index < -0.39 is 68.0 Å². The van der Waals surface area contributed by atoms with Crippen molar-refractivity contribution in [1.82, 2.24) is 30.1 Å². The molecule has 14 heteroatoms. The number of rotatable bonds is 11. The number of hydrogen-bond donors (Lipinski definition) is 3. The van der Waals surface area contributed by atoms with E-state index in [9.17, 15) is 27.6 Å². The highest BCUT2D eigenvalue weighted by Gasteiger charge is 2.62. The number of likely N-dealkylation sites (tertiary alicyclic amines) is 1. The Kier molecular flexibility index (Phi) is 10.0. The number of nitrogens with one attached hydrogen (secondary N) is 3. The van der Waals surface area contributed by atoms with Gasteiger partial charge in [0.05, 0.1) is 12.4 Å². The van der Waals surface area contributed by atoms with E-state index in [-0.39, 0.29) is 19.0 Å². The van der Waals surface area contributed by atoms with E-state index in [1.807, 2.05) is 39.0 Å². The molecule has 0 bridgehead atoms. The summed E-state index contributed by atoms with van der Waals surface area (Å²) in [4.78, 5) is 60.2. The van der Waals surface area contributed by atoms with Gasteiger partial charge in [-0.05, 0) is 36.7 Å². The number of carbonyl (C=O) groups excluding carboxylic acids is 4. The summed E-state index contributed by atoms with van der Waals surface area (Å²) in [5, 5.41) is 4.90. The van der Waals surface area contributed by atoms with E-state index in [1.165, 1.54) is 23.6 Å². The highest BCUT2D eigenvalue weighted by atomic mass is 32.2. The topological polar surface area (TPSA) is 157 Å². The van der Waals surface area contributed by atoms with Crippen molar-refractivity contribution in [2.75, 3.05) is 39.8 Å². The van der Waals surface area contributed by atoms with Gasteiger partial charge in [0.1, 0.15) is 17.6 Å². The molecule has 2 saturated carbocycles. The van der Waals surface area contributed by atoms with Gasteiger partial charge in [-0.25, -0.2) is 13.2 Å². The van der Waals surface area contributed by atoms with Crippen LogP contribution in [0.25, 0.3) is 0 Å². The van der Waals surface area contributed by atoms with Crippen molar-refractivity contribution in [2.45, 2.75) is 81.9 Å². The van der Waals surface area contributed by atoms with Crippen LogP contribution in [0.2, 0.25) is 0 Å². The van der Waals surface area contributed by atoms with E-state index in [0.29, 0.717) is 19.3 Å². The number of benzene rings is 1. The first-order valence-corrected chi connectivity index (χ1v) is 17.9.